The maximum Gasteiger partial charge on any atom is 0.0548 e. The van der Waals surface area contributed by atoms with Gasteiger partial charge in [0.15, 0.2) is 0 Å². The third-order valence-corrected chi connectivity index (χ3v) is 11.8. The van der Waals surface area contributed by atoms with Gasteiger partial charge in [-0.05, 0) is 104 Å². The molecule has 0 amide bonds. The molecule has 60 heavy (non-hydrogen) atoms. The lowest BCUT2D eigenvalue weighted by Gasteiger charge is -2.26. The highest BCUT2D eigenvalue weighted by Crippen LogP contribution is 2.43. The van der Waals surface area contributed by atoms with Gasteiger partial charge in [0, 0.05) is 33.4 Å². The Balaban J connectivity index is 1.03. The lowest BCUT2D eigenvalue weighted by Crippen LogP contribution is -2.09. The fraction of sp³-hybridized carbons (Fsp3) is 0. The standard InChI is InChI=1S/C58H40N2/c1-4-15-41(16-5-1)43-27-34-48(35-28-43)59(49-36-29-44(30-37-49)42-17-6-2-7-18-42)50-38-31-46(32-39-50)51-22-10-12-25-54(51)60-55-26-13-11-23-53(55)58-56(60)40-33-47-21-14-24-52(57(47)58)45-19-8-3-9-20-45/h1-40H. The van der Waals surface area contributed by atoms with Gasteiger partial charge < -0.3 is 9.47 Å². The molecule has 0 aliphatic heterocycles. The molecule has 0 atom stereocenters. The Morgan fingerprint density at radius 2 is 0.717 bits per heavy atom. The van der Waals surface area contributed by atoms with E-state index < -0.39 is 0 Å². The fourth-order valence-corrected chi connectivity index (χ4v) is 8.97. The highest BCUT2D eigenvalue weighted by molar-refractivity contribution is 6.25. The van der Waals surface area contributed by atoms with Gasteiger partial charge in [-0.3, -0.25) is 0 Å². The van der Waals surface area contributed by atoms with Crippen LogP contribution in [0.2, 0.25) is 0 Å². The third kappa shape index (κ3) is 6.23. The number of para-hydroxylation sites is 2. The molecule has 0 aliphatic rings. The highest BCUT2D eigenvalue weighted by Gasteiger charge is 2.20. The lowest BCUT2D eigenvalue weighted by atomic mass is 9.94. The summed E-state index contributed by atoms with van der Waals surface area (Å²) in [6, 6.07) is 87.7. The van der Waals surface area contributed by atoms with Crippen LogP contribution in [0.3, 0.4) is 0 Å². The van der Waals surface area contributed by atoms with Crippen LogP contribution >= 0.6 is 0 Å². The molecule has 11 rings (SSSR count). The summed E-state index contributed by atoms with van der Waals surface area (Å²) in [5.41, 5.74) is 16.4. The molecule has 1 heterocycles. The van der Waals surface area contributed by atoms with Crippen LogP contribution in [-0.4, -0.2) is 4.57 Å². The van der Waals surface area contributed by atoms with Crippen molar-refractivity contribution in [3.8, 4) is 50.2 Å². The molecule has 0 bridgehead atoms. The van der Waals surface area contributed by atoms with Crippen LogP contribution in [0, 0.1) is 0 Å². The average Bonchev–Trinajstić information content (AvgIpc) is 3.67. The maximum atomic E-state index is 2.46. The number of hydrogen-bond donors (Lipinski definition) is 0. The van der Waals surface area contributed by atoms with E-state index >= 15 is 0 Å². The Morgan fingerprint density at radius 1 is 0.267 bits per heavy atom. The average molecular weight is 765 g/mol. The minimum atomic E-state index is 1.09. The maximum absolute atomic E-state index is 2.46. The zero-order valence-corrected chi connectivity index (χ0v) is 33.0. The second-order valence-corrected chi connectivity index (χ2v) is 15.3. The molecule has 0 fully saturated rings. The van der Waals surface area contributed by atoms with E-state index in [0.717, 1.165) is 28.3 Å². The molecule has 2 heteroatoms. The number of anilines is 3. The summed E-state index contributed by atoms with van der Waals surface area (Å²) in [5, 5.41) is 5.05. The quantitative estimate of drug-likeness (QED) is 0.150. The van der Waals surface area contributed by atoms with Crippen molar-refractivity contribution in [2.75, 3.05) is 4.90 Å². The monoisotopic (exact) mass is 764 g/mol. The molecule has 0 spiro atoms. The van der Waals surface area contributed by atoms with Gasteiger partial charge in [-0.2, -0.15) is 0 Å². The summed E-state index contributed by atoms with van der Waals surface area (Å²) in [6.45, 7) is 0. The summed E-state index contributed by atoms with van der Waals surface area (Å²) >= 11 is 0. The zero-order valence-electron chi connectivity index (χ0n) is 33.0. The van der Waals surface area contributed by atoms with Crippen molar-refractivity contribution in [2.45, 2.75) is 0 Å². The summed E-state index contributed by atoms with van der Waals surface area (Å²) < 4.78 is 2.46. The summed E-state index contributed by atoms with van der Waals surface area (Å²) in [7, 11) is 0. The topological polar surface area (TPSA) is 8.17 Å². The Labute approximate surface area is 350 Å². The van der Waals surface area contributed by atoms with Crippen LogP contribution < -0.4 is 4.90 Å². The van der Waals surface area contributed by atoms with Crippen LogP contribution in [0.1, 0.15) is 0 Å². The summed E-state index contributed by atoms with van der Waals surface area (Å²) in [6.07, 6.45) is 0. The molecule has 0 radical (unpaired) electrons. The van der Waals surface area contributed by atoms with Crippen LogP contribution in [-0.2, 0) is 0 Å². The number of hydrogen-bond acceptors (Lipinski definition) is 1. The van der Waals surface area contributed by atoms with E-state index in [2.05, 4.69) is 252 Å². The van der Waals surface area contributed by atoms with E-state index in [1.807, 2.05) is 0 Å². The Kier molecular flexibility index (Phi) is 8.87. The van der Waals surface area contributed by atoms with Crippen LogP contribution in [0.5, 0.6) is 0 Å². The molecule has 1 aromatic heterocycles. The molecule has 0 unspecified atom stereocenters. The van der Waals surface area contributed by atoms with Gasteiger partial charge in [0.2, 0.25) is 0 Å². The van der Waals surface area contributed by atoms with Crippen LogP contribution in [0.4, 0.5) is 17.1 Å². The fourth-order valence-electron chi connectivity index (χ4n) is 8.97. The second-order valence-electron chi connectivity index (χ2n) is 15.3. The van der Waals surface area contributed by atoms with Crippen LogP contribution in [0.15, 0.2) is 243 Å². The van der Waals surface area contributed by atoms with E-state index in [1.165, 1.54) is 71.5 Å². The summed E-state index contributed by atoms with van der Waals surface area (Å²) in [5.74, 6) is 0. The van der Waals surface area contributed by atoms with Gasteiger partial charge in [-0.25, -0.2) is 0 Å². The van der Waals surface area contributed by atoms with E-state index in [0.29, 0.717) is 0 Å². The predicted octanol–water partition coefficient (Wildman–Crippen LogP) is 16.1. The normalized spacial score (nSPS) is 11.3. The number of nitrogens with zero attached hydrogens (tertiary/aromatic N) is 2. The molecule has 282 valence electrons. The third-order valence-electron chi connectivity index (χ3n) is 11.8. The van der Waals surface area contributed by atoms with Gasteiger partial charge in [0.05, 0.1) is 16.7 Å². The first-order valence-corrected chi connectivity index (χ1v) is 20.6. The molecule has 0 aliphatic carbocycles. The zero-order chi connectivity index (χ0) is 39.8. The minimum absolute atomic E-state index is 1.09. The van der Waals surface area contributed by atoms with Gasteiger partial charge >= 0.3 is 0 Å². The second kappa shape index (κ2) is 15.1. The minimum Gasteiger partial charge on any atom is -0.311 e. The molecular formula is C58H40N2. The largest absolute Gasteiger partial charge is 0.311 e. The molecule has 2 nitrogen and oxygen atoms in total. The van der Waals surface area contributed by atoms with E-state index in [1.54, 1.807) is 0 Å². The van der Waals surface area contributed by atoms with E-state index in [9.17, 15) is 0 Å². The number of aromatic nitrogens is 1. The van der Waals surface area contributed by atoms with Crippen molar-refractivity contribution in [3.05, 3.63) is 243 Å². The van der Waals surface area contributed by atoms with Crippen molar-refractivity contribution < 1.29 is 0 Å². The van der Waals surface area contributed by atoms with Crippen molar-refractivity contribution >= 4 is 49.6 Å². The van der Waals surface area contributed by atoms with Gasteiger partial charge in [0.1, 0.15) is 0 Å². The molecule has 0 saturated heterocycles. The highest BCUT2D eigenvalue weighted by atomic mass is 15.1. The van der Waals surface area contributed by atoms with Gasteiger partial charge in [-0.1, -0.05) is 188 Å². The molecule has 11 aromatic rings. The number of benzene rings is 10. The first kappa shape index (κ1) is 35.2. The van der Waals surface area contributed by atoms with Gasteiger partial charge in [0.25, 0.3) is 0 Å². The van der Waals surface area contributed by atoms with E-state index in [4.69, 9.17) is 0 Å². The van der Waals surface area contributed by atoms with Crippen molar-refractivity contribution in [1.82, 2.24) is 4.57 Å². The van der Waals surface area contributed by atoms with Crippen molar-refractivity contribution in [1.29, 1.82) is 0 Å². The Bertz CT molecular complexity index is 3170. The SMILES string of the molecule is c1ccc(-c2ccc(N(c3ccc(-c4ccccc4)cc3)c3ccc(-c4ccccc4-n4c5ccccc5c5c6c(-c7ccccc7)cccc6ccc54)cc3)cc2)cc1. The smallest absolute Gasteiger partial charge is 0.0548 e. The first-order valence-electron chi connectivity index (χ1n) is 20.6. The Morgan fingerprint density at radius 3 is 1.32 bits per heavy atom. The predicted molar refractivity (Wildman–Crippen MR) is 255 cm³/mol. The molecular weight excluding hydrogens is 725 g/mol. The Hall–Kier alpha value is -7.94. The van der Waals surface area contributed by atoms with Crippen LogP contribution in [0.25, 0.3) is 82.8 Å². The lowest BCUT2D eigenvalue weighted by molar-refractivity contribution is 1.18. The van der Waals surface area contributed by atoms with Gasteiger partial charge in [-0.15, -0.1) is 0 Å². The number of fused-ring (bicyclic) bond motifs is 5. The molecule has 0 saturated carbocycles. The van der Waals surface area contributed by atoms with Crippen molar-refractivity contribution in [3.63, 3.8) is 0 Å². The number of rotatable bonds is 8. The summed E-state index contributed by atoms with van der Waals surface area (Å²) in [4.78, 5) is 2.35. The molecule has 0 N–H and O–H groups in total. The van der Waals surface area contributed by atoms with Crippen molar-refractivity contribution in [2.24, 2.45) is 0 Å². The van der Waals surface area contributed by atoms with E-state index in [-0.39, 0.29) is 0 Å². The first-order chi connectivity index (χ1) is 29.8. The molecule has 10 aromatic carbocycles.